The van der Waals surface area contributed by atoms with Crippen LogP contribution in [0.2, 0.25) is 0 Å². The van der Waals surface area contributed by atoms with Gasteiger partial charge in [-0.3, -0.25) is 14.2 Å². The molecule has 2 aromatic heterocycles. The summed E-state index contributed by atoms with van der Waals surface area (Å²) in [6.45, 7) is -0.112. The van der Waals surface area contributed by atoms with Gasteiger partial charge >= 0.3 is 5.69 Å². The van der Waals surface area contributed by atoms with Gasteiger partial charge in [0.25, 0.3) is 11.5 Å². The first-order valence-corrected chi connectivity index (χ1v) is 10.9. The third-order valence-electron chi connectivity index (χ3n) is 6.20. The number of hydrazone groups is 1. The van der Waals surface area contributed by atoms with Gasteiger partial charge in [-0.2, -0.15) is 10.4 Å². The molecule has 0 saturated heterocycles. The van der Waals surface area contributed by atoms with Gasteiger partial charge in [0.15, 0.2) is 0 Å². The zero-order valence-corrected chi connectivity index (χ0v) is 18.4. The van der Waals surface area contributed by atoms with Crippen molar-refractivity contribution in [2.45, 2.75) is 38.4 Å². The molecule has 0 saturated carbocycles. The zero-order chi connectivity index (χ0) is 23.8. The lowest BCUT2D eigenvalue weighted by Gasteiger charge is -2.20. The van der Waals surface area contributed by atoms with E-state index < -0.39 is 29.7 Å². The Bertz CT molecular complexity index is 1440. The number of fused-ring (bicyclic) bond motifs is 1. The summed E-state index contributed by atoms with van der Waals surface area (Å²) in [7, 11) is 1.58. The maximum atomic E-state index is 13.4. The smallest absolute Gasteiger partial charge is 0.331 e. The molecular formula is C24H21N5O5. The minimum absolute atomic E-state index is 0.0867. The molecule has 10 heteroatoms. The SMILES string of the molecule is COc1ccc(C2=NN(C(=O)Cn3c(=O)c(C#N)c4n(c3=O)CCC4)[C@H](c3ccco3)C2)cc1. The van der Waals surface area contributed by atoms with Crippen molar-refractivity contribution in [1.82, 2.24) is 14.1 Å². The monoisotopic (exact) mass is 459 g/mol. The Balaban J connectivity index is 1.51. The molecule has 10 nitrogen and oxygen atoms in total. The number of nitriles is 1. The van der Waals surface area contributed by atoms with Crippen molar-refractivity contribution in [1.29, 1.82) is 5.26 Å². The molecule has 0 spiro atoms. The lowest BCUT2D eigenvalue weighted by molar-refractivity contribution is -0.134. The van der Waals surface area contributed by atoms with Crippen LogP contribution < -0.4 is 16.0 Å². The number of aromatic nitrogens is 2. The van der Waals surface area contributed by atoms with E-state index in [1.807, 2.05) is 18.2 Å². The Morgan fingerprint density at radius 2 is 2.06 bits per heavy atom. The van der Waals surface area contributed by atoms with Gasteiger partial charge in [0, 0.05) is 18.7 Å². The second kappa shape index (κ2) is 8.51. The number of carbonyl (C=O) groups is 1. The van der Waals surface area contributed by atoms with Crippen molar-refractivity contribution in [3.05, 3.63) is 86.1 Å². The maximum Gasteiger partial charge on any atom is 0.331 e. The Kier molecular flexibility index (Phi) is 5.37. The maximum absolute atomic E-state index is 13.4. The van der Waals surface area contributed by atoms with E-state index >= 15 is 0 Å². The summed E-state index contributed by atoms with van der Waals surface area (Å²) in [6.07, 6.45) is 3.07. The lowest BCUT2D eigenvalue weighted by atomic mass is 10.0. The molecule has 1 aromatic carbocycles. The van der Waals surface area contributed by atoms with E-state index in [4.69, 9.17) is 9.15 Å². The molecule has 2 aliphatic rings. The van der Waals surface area contributed by atoms with Gasteiger partial charge in [-0.1, -0.05) is 0 Å². The molecule has 172 valence electrons. The number of nitrogens with zero attached hydrogens (tertiary/aromatic N) is 5. The van der Waals surface area contributed by atoms with Crippen molar-refractivity contribution >= 4 is 11.6 Å². The molecule has 34 heavy (non-hydrogen) atoms. The van der Waals surface area contributed by atoms with Crippen molar-refractivity contribution in [3.63, 3.8) is 0 Å². The highest BCUT2D eigenvalue weighted by molar-refractivity contribution is 6.03. The minimum atomic E-state index is -0.748. The predicted octanol–water partition coefficient (Wildman–Crippen LogP) is 1.81. The number of furan rings is 1. The largest absolute Gasteiger partial charge is 0.497 e. The van der Waals surface area contributed by atoms with Crippen molar-refractivity contribution in [2.24, 2.45) is 5.10 Å². The summed E-state index contributed by atoms with van der Waals surface area (Å²) >= 11 is 0. The molecule has 2 aliphatic heterocycles. The number of hydrogen-bond donors (Lipinski definition) is 0. The van der Waals surface area contributed by atoms with E-state index in [0.29, 0.717) is 48.7 Å². The Labute approximate surface area is 193 Å². The molecule has 3 aromatic rings. The molecule has 0 radical (unpaired) electrons. The van der Waals surface area contributed by atoms with Crippen LogP contribution in [-0.2, 0) is 24.3 Å². The summed E-state index contributed by atoms with van der Waals surface area (Å²) in [5, 5.41) is 15.3. The van der Waals surface area contributed by atoms with Crippen molar-refractivity contribution in [3.8, 4) is 11.8 Å². The van der Waals surface area contributed by atoms with Crippen LogP contribution in [0.4, 0.5) is 0 Å². The van der Waals surface area contributed by atoms with E-state index in [1.54, 1.807) is 31.4 Å². The number of ether oxygens (including phenoxy) is 1. The molecule has 0 unspecified atom stereocenters. The number of methoxy groups -OCH3 is 1. The highest BCUT2D eigenvalue weighted by Gasteiger charge is 2.35. The van der Waals surface area contributed by atoms with Crippen molar-refractivity contribution < 1.29 is 13.9 Å². The van der Waals surface area contributed by atoms with Gasteiger partial charge in [0.1, 0.15) is 35.7 Å². The highest BCUT2D eigenvalue weighted by Crippen LogP contribution is 2.33. The van der Waals surface area contributed by atoms with E-state index in [-0.39, 0.29) is 5.56 Å². The predicted molar refractivity (Wildman–Crippen MR) is 120 cm³/mol. The number of rotatable bonds is 5. The van der Waals surface area contributed by atoms with Crippen LogP contribution in [-0.4, -0.2) is 32.9 Å². The highest BCUT2D eigenvalue weighted by atomic mass is 16.5. The molecule has 0 fully saturated rings. The van der Waals surface area contributed by atoms with Gasteiger partial charge in [-0.15, -0.1) is 0 Å². The zero-order valence-electron chi connectivity index (χ0n) is 18.4. The van der Waals surface area contributed by atoms with E-state index in [1.165, 1.54) is 15.8 Å². The summed E-state index contributed by atoms with van der Waals surface area (Å²) in [5.41, 5.74) is 0.495. The first kappa shape index (κ1) is 21.5. The standard InChI is InChI=1S/C24H21N5O5/c1-33-16-8-6-15(7-9-16)18-12-20(21-5-3-11-34-21)29(26-18)22(30)14-28-23(31)17(13-25)19-4-2-10-27(19)24(28)32/h3,5-9,11,20H,2,4,10,12,14H2,1H3/t20-/m0/s1. The van der Waals surface area contributed by atoms with Crippen LogP contribution in [0.25, 0.3) is 0 Å². The van der Waals surface area contributed by atoms with E-state index in [0.717, 1.165) is 10.1 Å². The fourth-order valence-corrected chi connectivity index (χ4v) is 4.50. The fourth-order valence-electron chi connectivity index (χ4n) is 4.50. The van der Waals surface area contributed by atoms with Crippen LogP contribution in [0.3, 0.4) is 0 Å². The Hall–Kier alpha value is -4.39. The molecule has 0 aliphatic carbocycles. The molecule has 5 rings (SSSR count). The van der Waals surface area contributed by atoms with Crippen molar-refractivity contribution in [2.75, 3.05) is 7.11 Å². The van der Waals surface area contributed by atoms with Crippen LogP contribution in [0.15, 0.2) is 61.8 Å². The average Bonchev–Trinajstić information content (AvgIpc) is 3.62. The third kappa shape index (κ3) is 3.51. The number of carbonyl (C=O) groups excluding carboxylic acids is 1. The Morgan fingerprint density at radius 1 is 1.26 bits per heavy atom. The van der Waals surface area contributed by atoms with Gasteiger partial charge in [0.2, 0.25) is 0 Å². The molecule has 4 heterocycles. The second-order valence-electron chi connectivity index (χ2n) is 8.11. The van der Waals surface area contributed by atoms with Gasteiger partial charge in [0.05, 0.1) is 19.1 Å². The van der Waals surface area contributed by atoms with E-state index in [9.17, 15) is 19.6 Å². The summed E-state index contributed by atoms with van der Waals surface area (Å²) in [4.78, 5) is 39.2. The van der Waals surface area contributed by atoms with Crippen LogP contribution in [0.1, 0.15) is 41.5 Å². The normalized spacial score (nSPS) is 16.8. The quantitative estimate of drug-likeness (QED) is 0.573. The topological polar surface area (TPSA) is 123 Å². The van der Waals surface area contributed by atoms with Crippen LogP contribution >= 0.6 is 0 Å². The first-order chi connectivity index (χ1) is 16.5. The summed E-state index contributed by atoms with van der Waals surface area (Å²) in [6, 6.07) is 12.2. The fraction of sp³-hybridized carbons (Fsp3) is 0.292. The third-order valence-corrected chi connectivity index (χ3v) is 6.20. The number of hydrogen-bond acceptors (Lipinski definition) is 7. The second-order valence-corrected chi connectivity index (χ2v) is 8.11. The summed E-state index contributed by atoms with van der Waals surface area (Å²) in [5.74, 6) is 0.686. The lowest BCUT2D eigenvalue weighted by Crippen LogP contribution is -2.45. The van der Waals surface area contributed by atoms with Crippen LogP contribution in [0, 0.1) is 11.3 Å². The average molecular weight is 459 g/mol. The number of benzene rings is 1. The molecule has 0 bridgehead atoms. The van der Waals surface area contributed by atoms with Gasteiger partial charge in [-0.25, -0.2) is 14.4 Å². The summed E-state index contributed by atoms with van der Waals surface area (Å²) < 4.78 is 13.0. The van der Waals surface area contributed by atoms with Crippen LogP contribution in [0.5, 0.6) is 5.75 Å². The molecule has 1 amide bonds. The van der Waals surface area contributed by atoms with Gasteiger partial charge < -0.3 is 9.15 Å². The first-order valence-electron chi connectivity index (χ1n) is 10.9. The Morgan fingerprint density at radius 3 is 2.74 bits per heavy atom. The molecule has 0 N–H and O–H groups in total. The molecule has 1 atom stereocenters. The molecular weight excluding hydrogens is 438 g/mol. The number of amides is 1. The van der Waals surface area contributed by atoms with Gasteiger partial charge in [-0.05, 0) is 54.8 Å². The minimum Gasteiger partial charge on any atom is -0.497 e. The van der Waals surface area contributed by atoms with E-state index in [2.05, 4.69) is 5.10 Å².